The molecule has 0 unspecified atom stereocenters. The molecule has 43 heavy (non-hydrogen) atoms. The summed E-state index contributed by atoms with van der Waals surface area (Å²) in [5, 5.41) is 14.0. The summed E-state index contributed by atoms with van der Waals surface area (Å²) in [5.41, 5.74) is -0.503. The molecule has 0 fully saturated rings. The molecule has 0 radical (unpaired) electrons. The molecule has 14 heteroatoms. The fourth-order valence-electron chi connectivity index (χ4n) is 4.73. The third kappa shape index (κ3) is 5.19. The molecule has 3 heterocycles. The van der Waals surface area contributed by atoms with Gasteiger partial charge in [-0.25, -0.2) is 9.37 Å². The van der Waals surface area contributed by atoms with E-state index in [9.17, 15) is 32.3 Å². The smallest absolute Gasteiger partial charge is 0.424 e. The number of hydrogen-bond donors (Lipinski definition) is 3. The van der Waals surface area contributed by atoms with E-state index in [1.165, 1.54) is 50.6 Å². The van der Waals surface area contributed by atoms with Crippen LogP contribution in [-0.4, -0.2) is 53.3 Å². The Morgan fingerprint density at radius 1 is 1.19 bits per heavy atom. The second kappa shape index (κ2) is 10.7. The number of aliphatic hydroxyl groups is 1. The van der Waals surface area contributed by atoms with Crippen molar-refractivity contribution < 1.29 is 41.7 Å². The summed E-state index contributed by atoms with van der Waals surface area (Å²) in [6, 6.07) is 9.66. The maximum absolute atomic E-state index is 14.6. The monoisotopic (exact) mass is 618 g/mol. The van der Waals surface area contributed by atoms with Gasteiger partial charge in [0.15, 0.2) is 0 Å². The van der Waals surface area contributed by atoms with E-state index >= 15 is 0 Å². The van der Waals surface area contributed by atoms with Crippen molar-refractivity contribution in [2.45, 2.75) is 24.1 Å². The Bertz CT molecular complexity index is 1770. The molecule has 1 aliphatic heterocycles. The van der Waals surface area contributed by atoms with E-state index in [0.717, 1.165) is 18.2 Å². The second-order valence-corrected chi connectivity index (χ2v) is 10.6. The zero-order valence-corrected chi connectivity index (χ0v) is 23.3. The van der Waals surface area contributed by atoms with Gasteiger partial charge in [0.05, 0.1) is 24.4 Å². The predicted octanol–water partition coefficient (Wildman–Crippen LogP) is 4.41. The van der Waals surface area contributed by atoms with E-state index in [2.05, 4.69) is 15.3 Å². The van der Waals surface area contributed by atoms with Crippen molar-refractivity contribution >= 4 is 34.3 Å². The molecule has 224 valence electrons. The lowest BCUT2D eigenvalue weighted by molar-refractivity contribution is -0.265. The number of aromatic nitrogens is 2. The number of alkyl halides is 3. The number of fused-ring (bicyclic) bond motifs is 2. The van der Waals surface area contributed by atoms with Gasteiger partial charge >= 0.3 is 6.18 Å². The van der Waals surface area contributed by atoms with Gasteiger partial charge in [-0.2, -0.15) is 13.2 Å². The fourth-order valence-corrected chi connectivity index (χ4v) is 4.89. The Kier molecular flexibility index (Phi) is 7.43. The summed E-state index contributed by atoms with van der Waals surface area (Å²) in [5.74, 6) is -2.36. The normalized spacial score (nSPS) is 17.6. The van der Waals surface area contributed by atoms with Crippen LogP contribution in [0.3, 0.4) is 0 Å². The molecule has 4 aromatic rings. The number of amides is 2. The quantitative estimate of drug-likeness (QED) is 0.261. The van der Waals surface area contributed by atoms with Crippen molar-refractivity contribution in [3.05, 3.63) is 82.4 Å². The Labute approximate surface area is 246 Å². The van der Waals surface area contributed by atoms with Crippen molar-refractivity contribution in [2.24, 2.45) is 5.73 Å². The first kappa shape index (κ1) is 30.0. The molecule has 2 aromatic carbocycles. The summed E-state index contributed by atoms with van der Waals surface area (Å²) < 4.78 is 68.5. The molecule has 2 aromatic heterocycles. The third-order valence-corrected chi connectivity index (χ3v) is 7.54. The van der Waals surface area contributed by atoms with Crippen LogP contribution in [0.2, 0.25) is 5.02 Å². The zero-order valence-electron chi connectivity index (χ0n) is 22.6. The SMILES string of the molecule is COc1cc(C(=O)NC[C@](O)(c2cc3c(c(-c4ccc(F)cc4)n2)OC[C@]3(C)C(N)=O)C(F)(F)F)cc2cc(Cl)cnc12. The van der Waals surface area contributed by atoms with Crippen LogP contribution >= 0.6 is 11.6 Å². The van der Waals surface area contributed by atoms with Gasteiger partial charge in [-0.05, 0) is 55.5 Å². The van der Waals surface area contributed by atoms with E-state index in [1.54, 1.807) is 0 Å². The largest absolute Gasteiger partial charge is 0.494 e. The van der Waals surface area contributed by atoms with Gasteiger partial charge in [-0.3, -0.25) is 14.6 Å². The summed E-state index contributed by atoms with van der Waals surface area (Å²) in [7, 11) is 1.33. The van der Waals surface area contributed by atoms with Crippen LogP contribution < -0.4 is 20.5 Å². The lowest BCUT2D eigenvalue weighted by atomic mass is 9.81. The number of nitrogens with one attached hydrogen (secondary N) is 1. The summed E-state index contributed by atoms with van der Waals surface area (Å²) in [6.07, 6.45) is -4.00. The molecule has 2 amide bonds. The van der Waals surface area contributed by atoms with Crippen molar-refractivity contribution in [2.75, 3.05) is 20.3 Å². The molecule has 5 rings (SSSR count). The summed E-state index contributed by atoms with van der Waals surface area (Å²) >= 11 is 6.00. The van der Waals surface area contributed by atoms with E-state index in [1.807, 2.05) is 0 Å². The fraction of sp³-hybridized carbons (Fsp3) is 0.241. The van der Waals surface area contributed by atoms with Crippen LogP contribution in [0.1, 0.15) is 28.5 Å². The molecule has 2 atom stereocenters. The molecule has 1 aliphatic rings. The minimum atomic E-state index is -5.37. The van der Waals surface area contributed by atoms with Gasteiger partial charge in [0, 0.05) is 28.3 Å². The molecule has 0 aliphatic carbocycles. The minimum absolute atomic E-state index is 0.0410. The number of hydrogen-bond acceptors (Lipinski definition) is 7. The molecule has 0 saturated carbocycles. The van der Waals surface area contributed by atoms with Crippen LogP contribution in [0.4, 0.5) is 17.6 Å². The van der Waals surface area contributed by atoms with Crippen molar-refractivity contribution in [1.29, 1.82) is 0 Å². The number of ether oxygens (including phenoxy) is 2. The number of benzene rings is 2. The first-order chi connectivity index (χ1) is 20.2. The first-order valence-electron chi connectivity index (χ1n) is 12.6. The molecule has 0 saturated heterocycles. The highest BCUT2D eigenvalue weighted by Gasteiger charge is 2.57. The van der Waals surface area contributed by atoms with E-state index < -0.39 is 47.1 Å². The Balaban J connectivity index is 1.59. The zero-order chi connectivity index (χ0) is 31.3. The van der Waals surface area contributed by atoms with Gasteiger partial charge in [-0.1, -0.05) is 11.6 Å². The maximum atomic E-state index is 14.6. The standard InChI is InChI=1S/C29H23ClF4N4O5/c1-27(26(35)40)13-43-24-19(27)10-21(38-23(24)14-3-5-18(31)6-4-14)28(41,29(32,33)34)12-37-25(39)16-7-15-8-17(30)11-36-22(15)20(9-16)42-2/h3-11,41H,12-13H2,1-2H3,(H2,35,40)(H,37,39)/t27-,28-/m0/s1. The van der Waals surface area contributed by atoms with Crippen LogP contribution in [0, 0.1) is 5.82 Å². The number of methoxy groups -OCH3 is 1. The Morgan fingerprint density at radius 3 is 2.51 bits per heavy atom. The summed E-state index contributed by atoms with van der Waals surface area (Å²) in [4.78, 5) is 33.7. The average Bonchev–Trinajstić information content (AvgIpc) is 3.32. The predicted molar refractivity (Wildman–Crippen MR) is 147 cm³/mol. The van der Waals surface area contributed by atoms with E-state index in [4.69, 9.17) is 26.8 Å². The molecular formula is C29H23ClF4N4O5. The number of carbonyl (C=O) groups is 2. The highest BCUT2D eigenvalue weighted by Crippen LogP contribution is 2.47. The lowest BCUT2D eigenvalue weighted by Crippen LogP contribution is -2.51. The number of carbonyl (C=O) groups excluding carboxylic acids is 2. The van der Waals surface area contributed by atoms with Crippen LogP contribution in [-0.2, 0) is 15.8 Å². The van der Waals surface area contributed by atoms with Crippen LogP contribution in [0.5, 0.6) is 11.5 Å². The molecule has 9 nitrogen and oxygen atoms in total. The van der Waals surface area contributed by atoms with Crippen molar-refractivity contribution in [3.8, 4) is 22.8 Å². The lowest BCUT2D eigenvalue weighted by Gasteiger charge is -2.31. The van der Waals surface area contributed by atoms with Gasteiger partial charge < -0.3 is 25.6 Å². The minimum Gasteiger partial charge on any atom is -0.494 e. The van der Waals surface area contributed by atoms with Crippen LogP contribution in [0.15, 0.2) is 54.7 Å². The second-order valence-electron chi connectivity index (χ2n) is 10.2. The average molecular weight is 619 g/mol. The van der Waals surface area contributed by atoms with Crippen LogP contribution in [0.25, 0.3) is 22.2 Å². The summed E-state index contributed by atoms with van der Waals surface area (Å²) in [6.45, 7) is -0.296. The van der Waals surface area contributed by atoms with E-state index in [0.29, 0.717) is 10.9 Å². The Hall–Kier alpha value is -4.49. The number of nitrogens with two attached hydrogens (primary N) is 1. The van der Waals surface area contributed by atoms with Gasteiger partial charge in [0.25, 0.3) is 5.91 Å². The molecule has 4 N–H and O–H groups in total. The van der Waals surface area contributed by atoms with Gasteiger partial charge in [0.1, 0.15) is 40.5 Å². The first-order valence-corrected chi connectivity index (χ1v) is 13.0. The molecular weight excluding hydrogens is 596 g/mol. The topological polar surface area (TPSA) is 137 Å². The molecule has 0 spiro atoms. The van der Waals surface area contributed by atoms with Crippen molar-refractivity contribution in [3.63, 3.8) is 0 Å². The number of rotatable bonds is 7. The molecule has 0 bridgehead atoms. The van der Waals surface area contributed by atoms with Crippen molar-refractivity contribution in [1.82, 2.24) is 15.3 Å². The number of nitrogens with zero attached hydrogens (tertiary/aromatic N) is 2. The highest BCUT2D eigenvalue weighted by molar-refractivity contribution is 6.31. The number of halogens is 5. The number of primary amides is 1. The van der Waals surface area contributed by atoms with Gasteiger partial charge in [-0.15, -0.1) is 0 Å². The maximum Gasteiger partial charge on any atom is 0.424 e. The Morgan fingerprint density at radius 2 is 1.88 bits per heavy atom. The van der Waals surface area contributed by atoms with E-state index in [-0.39, 0.29) is 45.5 Å². The highest BCUT2D eigenvalue weighted by atomic mass is 35.5. The third-order valence-electron chi connectivity index (χ3n) is 7.33. The van der Waals surface area contributed by atoms with Gasteiger partial charge in [0.2, 0.25) is 11.5 Å². The number of pyridine rings is 2.